The highest BCUT2D eigenvalue weighted by molar-refractivity contribution is 5.93. The third-order valence-electron chi connectivity index (χ3n) is 5.14. The highest BCUT2D eigenvalue weighted by atomic mass is 16.6. The Morgan fingerprint density at radius 1 is 0.765 bits per heavy atom. The van der Waals surface area contributed by atoms with Crippen molar-refractivity contribution in [2.24, 2.45) is 0 Å². The highest BCUT2D eigenvalue weighted by Crippen LogP contribution is 2.19. The Hall–Kier alpha value is -3.84. The molecular formula is C27H26O7. The lowest BCUT2D eigenvalue weighted by atomic mass is 10.2. The van der Waals surface area contributed by atoms with Gasteiger partial charge in [-0.25, -0.2) is 9.59 Å². The van der Waals surface area contributed by atoms with E-state index in [1.165, 1.54) is 6.07 Å². The number of esters is 2. The fourth-order valence-corrected chi connectivity index (χ4v) is 3.43. The molecule has 1 heterocycles. The van der Waals surface area contributed by atoms with Crippen molar-refractivity contribution in [2.45, 2.75) is 18.9 Å². The van der Waals surface area contributed by atoms with Gasteiger partial charge in [-0.15, -0.1) is 0 Å². The van der Waals surface area contributed by atoms with Crippen LogP contribution >= 0.6 is 0 Å². The molecule has 1 unspecified atom stereocenters. The van der Waals surface area contributed by atoms with Crippen LogP contribution < -0.4 is 14.2 Å². The van der Waals surface area contributed by atoms with Crippen LogP contribution in [0.1, 0.15) is 33.6 Å². The molecule has 7 nitrogen and oxygen atoms in total. The standard InChI is InChI=1S/C27H26O7/c28-26(33-19-25-13-6-14-30-25)20-7-5-12-24(18-20)34-27(29)21-8-4-11-23(17-21)32-16-15-31-22-9-2-1-3-10-22/h1-5,7-12,17-18,25H,6,13-16,19H2. The maximum absolute atomic E-state index is 12.6. The molecule has 0 radical (unpaired) electrons. The van der Waals surface area contributed by atoms with Gasteiger partial charge in [0.25, 0.3) is 0 Å². The molecule has 34 heavy (non-hydrogen) atoms. The lowest BCUT2D eigenvalue weighted by molar-refractivity contribution is 0.0161. The molecule has 3 aromatic rings. The summed E-state index contributed by atoms with van der Waals surface area (Å²) in [5, 5.41) is 0. The Morgan fingerprint density at radius 2 is 1.41 bits per heavy atom. The molecule has 176 valence electrons. The molecule has 4 rings (SSSR count). The zero-order chi connectivity index (χ0) is 23.6. The van der Waals surface area contributed by atoms with Crippen molar-refractivity contribution < 1.29 is 33.3 Å². The number of carbonyl (C=O) groups excluding carboxylic acids is 2. The largest absolute Gasteiger partial charge is 0.490 e. The summed E-state index contributed by atoms with van der Waals surface area (Å²) >= 11 is 0. The van der Waals surface area contributed by atoms with Crippen LogP contribution in [0.15, 0.2) is 78.9 Å². The molecule has 0 saturated carbocycles. The monoisotopic (exact) mass is 462 g/mol. The zero-order valence-corrected chi connectivity index (χ0v) is 18.7. The molecular weight excluding hydrogens is 436 g/mol. The molecule has 0 spiro atoms. The predicted molar refractivity (Wildman–Crippen MR) is 125 cm³/mol. The molecule has 1 aliphatic heterocycles. The first-order valence-corrected chi connectivity index (χ1v) is 11.2. The maximum atomic E-state index is 12.6. The molecule has 0 N–H and O–H groups in total. The minimum Gasteiger partial charge on any atom is -0.490 e. The normalized spacial score (nSPS) is 14.9. The van der Waals surface area contributed by atoms with Crippen molar-refractivity contribution >= 4 is 11.9 Å². The van der Waals surface area contributed by atoms with Crippen molar-refractivity contribution in [1.82, 2.24) is 0 Å². The third kappa shape index (κ3) is 6.83. The molecule has 1 aliphatic rings. The predicted octanol–water partition coefficient (Wildman–Crippen LogP) is 4.70. The minimum atomic E-state index is -0.559. The van der Waals surface area contributed by atoms with Crippen LogP contribution in [-0.2, 0) is 9.47 Å². The molecule has 1 fully saturated rings. The van der Waals surface area contributed by atoms with E-state index in [0.29, 0.717) is 36.7 Å². The topological polar surface area (TPSA) is 80.3 Å². The molecule has 0 aromatic heterocycles. The number of ether oxygens (including phenoxy) is 5. The van der Waals surface area contributed by atoms with Gasteiger partial charge in [0.15, 0.2) is 0 Å². The molecule has 0 bridgehead atoms. The fourth-order valence-electron chi connectivity index (χ4n) is 3.43. The van der Waals surface area contributed by atoms with E-state index in [2.05, 4.69) is 0 Å². The first kappa shape index (κ1) is 23.3. The second-order valence-electron chi connectivity index (χ2n) is 7.69. The highest BCUT2D eigenvalue weighted by Gasteiger charge is 2.19. The number of carbonyl (C=O) groups is 2. The molecule has 3 aromatic carbocycles. The van der Waals surface area contributed by atoms with Crippen molar-refractivity contribution in [3.05, 3.63) is 90.0 Å². The quantitative estimate of drug-likeness (QED) is 0.245. The van der Waals surface area contributed by atoms with Gasteiger partial charge in [-0.3, -0.25) is 0 Å². The first-order valence-electron chi connectivity index (χ1n) is 11.2. The summed E-state index contributed by atoms with van der Waals surface area (Å²) < 4.78 is 27.5. The molecule has 0 amide bonds. The van der Waals surface area contributed by atoms with Crippen LogP contribution in [0, 0.1) is 0 Å². The smallest absolute Gasteiger partial charge is 0.343 e. The van der Waals surface area contributed by atoms with Gasteiger partial charge < -0.3 is 23.7 Å². The van der Waals surface area contributed by atoms with Gasteiger partial charge in [-0.05, 0) is 61.4 Å². The molecule has 7 heteroatoms. The summed E-state index contributed by atoms with van der Waals surface area (Å²) in [5.41, 5.74) is 0.631. The van der Waals surface area contributed by atoms with Crippen LogP contribution in [0.25, 0.3) is 0 Å². The van der Waals surface area contributed by atoms with E-state index in [4.69, 9.17) is 23.7 Å². The van der Waals surface area contributed by atoms with Crippen LogP contribution in [0.5, 0.6) is 17.2 Å². The van der Waals surface area contributed by atoms with E-state index in [-0.39, 0.29) is 18.5 Å². The molecule has 1 atom stereocenters. The number of para-hydroxylation sites is 1. The van der Waals surface area contributed by atoms with Gasteiger partial charge in [-0.2, -0.15) is 0 Å². The second-order valence-corrected chi connectivity index (χ2v) is 7.69. The number of rotatable bonds is 10. The van der Waals surface area contributed by atoms with Gasteiger partial charge in [0.05, 0.1) is 17.2 Å². The summed E-state index contributed by atoms with van der Waals surface area (Å²) in [6, 6.07) is 22.5. The fraction of sp³-hybridized carbons (Fsp3) is 0.259. The maximum Gasteiger partial charge on any atom is 0.343 e. The van der Waals surface area contributed by atoms with E-state index < -0.39 is 11.9 Å². The van der Waals surface area contributed by atoms with Gasteiger partial charge in [0.1, 0.15) is 37.1 Å². The van der Waals surface area contributed by atoms with E-state index in [0.717, 1.165) is 18.6 Å². The van der Waals surface area contributed by atoms with E-state index in [1.807, 2.05) is 30.3 Å². The number of hydrogen-bond acceptors (Lipinski definition) is 7. The van der Waals surface area contributed by atoms with Crippen LogP contribution in [0.2, 0.25) is 0 Å². The number of hydrogen-bond donors (Lipinski definition) is 0. The summed E-state index contributed by atoms with van der Waals surface area (Å²) in [6.07, 6.45) is 1.80. The van der Waals surface area contributed by atoms with Gasteiger partial charge in [0, 0.05) is 6.61 Å². The summed E-state index contributed by atoms with van der Waals surface area (Å²) in [6.45, 7) is 1.60. The lowest BCUT2D eigenvalue weighted by Crippen LogP contribution is -2.18. The molecule has 1 saturated heterocycles. The van der Waals surface area contributed by atoms with E-state index >= 15 is 0 Å². The Morgan fingerprint density at radius 3 is 2.15 bits per heavy atom. The van der Waals surface area contributed by atoms with Crippen LogP contribution in [0.4, 0.5) is 0 Å². The van der Waals surface area contributed by atoms with Gasteiger partial charge >= 0.3 is 11.9 Å². The van der Waals surface area contributed by atoms with Crippen molar-refractivity contribution in [3.8, 4) is 17.2 Å². The Kier molecular flexibility index (Phi) is 8.13. The van der Waals surface area contributed by atoms with Crippen LogP contribution in [-0.4, -0.2) is 44.5 Å². The lowest BCUT2D eigenvalue weighted by Gasteiger charge is -2.11. The third-order valence-corrected chi connectivity index (χ3v) is 5.14. The summed E-state index contributed by atoms with van der Waals surface area (Å²) in [7, 11) is 0. The minimum absolute atomic E-state index is 0.0515. The van der Waals surface area contributed by atoms with Crippen molar-refractivity contribution in [2.75, 3.05) is 26.4 Å². The number of benzene rings is 3. The van der Waals surface area contributed by atoms with Crippen LogP contribution in [0.3, 0.4) is 0 Å². The zero-order valence-electron chi connectivity index (χ0n) is 18.7. The van der Waals surface area contributed by atoms with Gasteiger partial charge in [-0.1, -0.05) is 30.3 Å². The van der Waals surface area contributed by atoms with E-state index in [9.17, 15) is 9.59 Å². The second kappa shape index (κ2) is 11.9. The Bertz CT molecular complexity index is 1090. The molecule has 0 aliphatic carbocycles. The average Bonchev–Trinajstić information content (AvgIpc) is 3.40. The first-order chi connectivity index (χ1) is 16.7. The average molecular weight is 462 g/mol. The van der Waals surface area contributed by atoms with Crippen molar-refractivity contribution in [1.29, 1.82) is 0 Å². The van der Waals surface area contributed by atoms with Crippen molar-refractivity contribution in [3.63, 3.8) is 0 Å². The van der Waals surface area contributed by atoms with E-state index in [1.54, 1.807) is 42.5 Å². The Balaban J connectivity index is 1.28. The summed E-state index contributed by atoms with van der Waals surface area (Å²) in [5.74, 6) is 0.496. The Labute approximate surface area is 198 Å². The van der Waals surface area contributed by atoms with Gasteiger partial charge in [0.2, 0.25) is 0 Å². The SMILES string of the molecule is O=C(OCC1CCCO1)c1cccc(OC(=O)c2cccc(OCCOc3ccccc3)c2)c1. The summed E-state index contributed by atoms with van der Waals surface area (Å²) in [4.78, 5) is 25.0.